The van der Waals surface area contributed by atoms with Gasteiger partial charge in [0.2, 0.25) is 0 Å². The second kappa shape index (κ2) is 14.2. The number of carbonyl (C=O) groups excluding carboxylic acids is 4. The zero-order chi connectivity index (χ0) is 31.0. The molecule has 236 valence electrons. The summed E-state index contributed by atoms with van der Waals surface area (Å²) >= 11 is 0. The maximum Gasteiger partial charge on any atom is 0.333 e. The molecule has 0 spiro atoms. The number of rotatable bonds is 18. The van der Waals surface area contributed by atoms with Gasteiger partial charge in [0.15, 0.2) is 0 Å². The highest BCUT2D eigenvalue weighted by molar-refractivity contribution is 5.87. The molecule has 0 amide bonds. The number of hydrogen-bond acceptors (Lipinski definition) is 8. The van der Waals surface area contributed by atoms with Crippen LogP contribution < -0.4 is 0 Å². The van der Waals surface area contributed by atoms with Crippen LogP contribution in [0.25, 0.3) is 0 Å². The van der Waals surface area contributed by atoms with E-state index in [1.165, 1.54) is 0 Å². The van der Waals surface area contributed by atoms with Crippen molar-refractivity contribution in [3.63, 3.8) is 0 Å². The molecule has 0 saturated heterocycles. The highest BCUT2D eigenvalue weighted by Gasteiger charge is 2.70. The minimum atomic E-state index is -0.630. The van der Waals surface area contributed by atoms with Gasteiger partial charge in [-0.1, -0.05) is 27.0 Å². The first kappa shape index (κ1) is 33.9. The fraction of sp³-hybridized carbons (Fsp3) is 0.765. The van der Waals surface area contributed by atoms with E-state index in [0.717, 1.165) is 83.5 Å². The van der Waals surface area contributed by atoms with E-state index < -0.39 is 10.8 Å². The van der Waals surface area contributed by atoms with Crippen LogP contribution in [0.3, 0.4) is 0 Å². The standard InChI is InChI=1S/C34H52O8/c1-25(2)27(35)39-15-11-7-9-13-17-41-29(37)33-20-31(5)19-32(6,21-33)23-34(22-31,24-33)30(38)42-18-14-10-8-12-16-40-28(36)26(3)4/h1,3,7-24H2,2,4-6H3. The van der Waals surface area contributed by atoms with E-state index in [9.17, 15) is 19.2 Å². The van der Waals surface area contributed by atoms with E-state index in [4.69, 9.17) is 18.9 Å². The summed E-state index contributed by atoms with van der Waals surface area (Å²) in [6, 6.07) is 0. The van der Waals surface area contributed by atoms with E-state index in [1.54, 1.807) is 13.8 Å². The fourth-order valence-electron chi connectivity index (χ4n) is 8.46. The molecule has 4 aliphatic rings. The zero-order valence-corrected chi connectivity index (χ0v) is 26.4. The lowest BCUT2D eigenvalue weighted by Crippen LogP contribution is -2.64. The third kappa shape index (κ3) is 8.70. The molecule has 0 radical (unpaired) electrons. The zero-order valence-electron chi connectivity index (χ0n) is 26.4. The predicted molar refractivity (Wildman–Crippen MR) is 159 cm³/mol. The number of esters is 4. The van der Waals surface area contributed by atoms with Crippen molar-refractivity contribution < 1.29 is 38.1 Å². The van der Waals surface area contributed by atoms with Crippen LogP contribution >= 0.6 is 0 Å². The van der Waals surface area contributed by atoms with Crippen molar-refractivity contribution in [1.29, 1.82) is 0 Å². The van der Waals surface area contributed by atoms with Crippen molar-refractivity contribution in [2.45, 2.75) is 118 Å². The Morgan fingerprint density at radius 1 is 0.500 bits per heavy atom. The molecule has 0 atom stereocenters. The van der Waals surface area contributed by atoms with Gasteiger partial charge in [0.05, 0.1) is 37.3 Å². The Morgan fingerprint density at radius 2 is 0.810 bits per heavy atom. The lowest BCUT2D eigenvalue weighted by Gasteiger charge is -2.67. The van der Waals surface area contributed by atoms with Gasteiger partial charge in [-0.05, 0) is 115 Å². The van der Waals surface area contributed by atoms with E-state index in [2.05, 4.69) is 27.0 Å². The first-order valence-corrected chi connectivity index (χ1v) is 15.7. The second-order valence-corrected chi connectivity index (χ2v) is 14.2. The largest absolute Gasteiger partial charge is 0.465 e. The Kier molecular flexibility index (Phi) is 11.5. The summed E-state index contributed by atoms with van der Waals surface area (Å²) in [5.74, 6) is -1.03. The van der Waals surface area contributed by atoms with Gasteiger partial charge in [-0.2, -0.15) is 0 Å². The Labute approximate surface area is 251 Å². The molecule has 0 aromatic rings. The van der Waals surface area contributed by atoms with Crippen molar-refractivity contribution in [1.82, 2.24) is 0 Å². The summed E-state index contributed by atoms with van der Waals surface area (Å²) in [6.07, 6.45) is 11.2. The maximum absolute atomic E-state index is 13.6. The van der Waals surface area contributed by atoms with Crippen molar-refractivity contribution in [3.8, 4) is 0 Å². The summed E-state index contributed by atoms with van der Waals surface area (Å²) < 4.78 is 22.0. The Morgan fingerprint density at radius 3 is 1.12 bits per heavy atom. The van der Waals surface area contributed by atoms with Gasteiger partial charge in [0, 0.05) is 11.1 Å². The summed E-state index contributed by atoms with van der Waals surface area (Å²) in [5, 5.41) is 0. The molecule has 0 aromatic carbocycles. The monoisotopic (exact) mass is 588 g/mol. The van der Waals surface area contributed by atoms with Gasteiger partial charge in [-0.25, -0.2) is 9.59 Å². The van der Waals surface area contributed by atoms with Gasteiger partial charge in [0.25, 0.3) is 0 Å². The van der Waals surface area contributed by atoms with Crippen LogP contribution in [0, 0.1) is 21.7 Å². The van der Waals surface area contributed by atoms with Crippen LogP contribution in [0.5, 0.6) is 0 Å². The van der Waals surface area contributed by atoms with Crippen LogP contribution in [0.15, 0.2) is 24.3 Å². The smallest absolute Gasteiger partial charge is 0.333 e. The first-order valence-electron chi connectivity index (χ1n) is 15.7. The topological polar surface area (TPSA) is 105 Å². The Hall–Kier alpha value is -2.64. The van der Waals surface area contributed by atoms with Crippen molar-refractivity contribution in [2.24, 2.45) is 21.7 Å². The van der Waals surface area contributed by atoms with Crippen LogP contribution in [-0.2, 0) is 38.1 Å². The molecule has 4 aliphatic carbocycles. The quantitative estimate of drug-likeness (QED) is 0.0745. The number of carbonyl (C=O) groups is 4. The first-order chi connectivity index (χ1) is 19.7. The molecule has 0 aromatic heterocycles. The molecular weight excluding hydrogens is 536 g/mol. The molecular formula is C34H52O8. The minimum absolute atomic E-state index is 0.0794. The lowest BCUT2D eigenvalue weighted by molar-refractivity contribution is -0.221. The Balaban J connectivity index is 1.44. The molecule has 8 nitrogen and oxygen atoms in total. The van der Waals surface area contributed by atoms with Gasteiger partial charge in [0.1, 0.15) is 0 Å². The highest BCUT2D eigenvalue weighted by atomic mass is 16.5. The summed E-state index contributed by atoms with van der Waals surface area (Å²) in [4.78, 5) is 50.1. The normalized spacial score (nSPS) is 29.0. The van der Waals surface area contributed by atoms with E-state index in [1.807, 2.05) is 0 Å². The number of hydrogen-bond donors (Lipinski definition) is 0. The summed E-state index contributed by atoms with van der Waals surface area (Å²) in [6.45, 7) is 16.3. The van der Waals surface area contributed by atoms with E-state index in [0.29, 0.717) is 44.0 Å². The SMILES string of the molecule is C=C(C)C(=O)OCCCCCCOC(=O)C12CC3(C)CC(C)(C1)CC(C(=O)OCCCCCCOC(=O)C(=C)C)(C3)C2. The number of ether oxygens (including phenoxy) is 4. The molecule has 0 heterocycles. The van der Waals surface area contributed by atoms with E-state index in [-0.39, 0.29) is 34.7 Å². The number of unbranched alkanes of at least 4 members (excludes halogenated alkanes) is 6. The van der Waals surface area contributed by atoms with Gasteiger partial charge < -0.3 is 18.9 Å². The summed E-state index contributed by atoms with van der Waals surface area (Å²) in [7, 11) is 0. The molecule has 4 rings (SSSR count). The summed E-state index contributed by atoms with van der Waals surface area (Å²) in [5.41, 5.74) is -0.619. The van der Waals surface area contributed by atoms with Crippen molar-refractivity contribution in [3.05, 3.63) is 24.3 Å². The van der Waals surface area contributed by atoms with Crippen molar-refractivity contribution in [2.75, 3.05) is 26.4 Å². The second-order valence-electron chi connectivity index (χ2n) is 14.2. The lowest BCUT2D eigenvalue weighted by atomic mass is 9.36. The third-order valence-corrected chi connectivity index (χ3v) is 9.16. The molecule has 0 aliphatic heterocycles. The Bertz CT molecular complexity index is 948. The predicted octanol–water partition coefficient (Wildman–Crippen LogP) is 6.80. The molecule has 0 N–H and O–H groups in total. The van der Waals surface area contributed by atoms with Gasteiger partial charge in [-0.15, -0.1) is 0 Å². The van der Waals surface area contributed by atoms with Crippen LogP contribution in [0.1, 0.15) is 118 Å². The molecule has 4 saturated carbocycles. The maximum atomic E-state index is 13.6. The third-order valence-electron chi connectivity index (χ3n) is 9.16. The molecule has 0 unspecified atom stereocenters. The molecule has 4 fully saturated rings. The van der Waals surface area contributed by atoms with Crippen LogP contribution in [0.2, 0.25) is 0 Å². The fourth-order valence-corrected chi connectivity index (χ4v) is 8.46. The van der Waals surface area contributed by atoms with Gasteiger partial charge >= 0.3 is 23.9 Å². The highest BCUT2D eigenvalue weighted by Crippen LogP contribution is 2.74. The minimum Gasteiger partial charge on any atom is -0.465 e. The van der Waals surface area contributed by atoms with Gasteiger partial charge in [-0.3, -0.25) is 9.59 Å². The molecule has 8 heteroatoms. The molecule has 42 heavy (non-hydrogen) atoms. The molecule has 4 bridgehead atoms. The average Bonchev–Trinajstić information content (AvgIpc) is 2.88. The average molecular weight is 589 g/mol. The van der Waals surface area contributed by atoms with Crippen LogP contribution in [-0.4, -0.2) is 50.3 Å². The van der Waals surface area contributed by atoms with Crippen LogP contribution in [0.4, 0.5) is 0 Å². The van der Waals surface area contributed by atoms with Crippen molar-refractivity contribution >= 4 is 23.9 Å². The van der Waals surface area contributed by atoms with E-state index >= 15 is 0 Å².